The van der Waals surface area contributed by atoms with E-state index < -0.39 is 0 Å². The normalized spacial score (nSPS) is 11.4. The number of fused-ring (bicyclic) bond motifs is 12. The van der Waals surface area contributed by atoms with Crippen molar-refractivity contribution in [1.29, 1.82) is 0 Å². The molecule has 642 valence electrons. The van der Waals surface area contributed by atoms with Crippen LogP contribution in [0.2, 0.25) is 0 Å². The van der Waals surface area contributed by atoms with Crippen molar-refractivity contribution in [2.45, 2.75) is 0 Å². The van der Waals surface area contributed by atoms with Crippen molar-refractivity contribution in [3.05, 3.63) is 378 Å². The van der Waals surface area contributed by atoms with Crippen molar-refractivity contribution in [2.75, 3.05) is 0 Å². The Morgan fingerprint density at radius 1 is 0.248 bits per heavy atom. The van der Waals surface area contributed by atoms with Gasteiger partial charge in [0.25, 0.3) is 0 Å². The van der Waals surface area contributed by atoms with Gasteiger partial charge in [-0.05, 0) is 175 Å². The summed E-state index contributed by atoms with van der Waals surface area (Å²) in [5, 5.41) is 6.28. The maximum atomic E-state index is 5.88. The SMILES string of the molecule is Cn1c(-c2[c-]c3c(cc2)c2cc(-c4ncco4)ccc2n3-c2[c-]c(-c3ccccn3)ccc2-c2ncco2)nc2ccccc21.Cn1c(-c2[c-]c3c(cc2)c2ccccc2n3-c2[c-]c(-c3cccc(-c4ncco4)n3)ccc2)nc2ccccc21.Cn1c(-c2[c-]c3c(cc2-c2ncco2)c2cc(-c4ncco4)ccc2n3-c2[c-]c(-c3ccccn3)ccc2)nc2ccccc21.[Pt+2].[Pt+2].[Pt+2]. The molecule has 0 amide bonds. The van der Waals surface area contributed by atoms with Crippen molar-refractivity contribution in [1.82, 2.24) is 82.2 Å². The second-order valence-corrected chi connectivity index (χ2v) is 31.1. The summed E-state index contributed by atoms with van der Waals surface area (Å²) < 4.78 is 41.4. The molecule has 0 bridgehead atoms. The first kappa shape index (κ1) is 83.9. The van der Waals surface area contributed by atoms with E-state index in [4.69, 9.17) is 42.0 Å². The quantitative estimate of drug-likeness (QED) is 0.0920. The fourth-order valence-electron chi connectivity index (χ4n) is 17.6. The molecule has 0 aliphatic carbocycles. The summed E-state index contributed by atoms with van der Waals surface area (Å²) in [6.07, 6.45) is 19.7. The van der Waals surface area contributed by atoms with Gasteiger partial charge in [0.05, 0.1) is 81.6 Å². The number of hydrogen-bond donors (Lipinski definition) is 0. The van der Waals surface area contributed by atoms with Crippen molar-refractivity contribution in [2.24, 2.45) is 21.1 Å². The van der Waals surface area contributed by atoms with E-state index in [1.807, 2.05) is 172 Å². The van der Waals surface area contributed by atoms with Crippen LogP contribution in [0.1, 0.15) is 0 Å². The van der Waals surface area contributed by atoms with Gasteiger partial charge in [-0.1, -0.05) is 113 Å². The van der Waals surface area contributed by atoms with E-state index in [0.717, 1.165) is 206 Å². The second kappa shape index (κ2) is 35.1. The molecule has 0 spiro atoms. The Hall–Kier alpha value is -16.0. The summed E-state index contributed by atoms with van der Waals surface area (Å²) in [7, 11) is 6.10. The van der Waals surface area contributed by atoms with Gasteiger partial charge < -0.3 is 59.5 Å². The molecule has 0 fully saturated rings. The van der Waals surface area contributed by atoms with E-state index in [1.54, 1.807) is 74.7 Å². The number of hydrogen-bond acceptors (Lipinski definition) is 16. The number of aromatic nitrogens is 17. The molecule has 0 N–H and O–H groups in total. The summed E-state index contributed by atoms with van der Waals surface area (Å²) in [5.74, 6) is 5.05. The number of rotatable bonds is 14. The summed E-state index contributed by atoms with van der Waals surface area (Å²) in [5.41, 5.74) is 25.9. The Morgan fingerprint density at radius 2 is 0.662 bits per heavy atom. The van der Waals surface area contributed by atoms with E-state index >= 15 is 0 Å². The summed E-state index contributed by atoms with van der Waals surface area (Å²) in [6.45, 7) is 0. The number of para-hydroxylation sites is 7. The first-order valence-electron chi connectivity index (χ1n) is 41.9. The largest absolute Gasteiger partial charge is 2.00 e. The Morgan fingerprint density at radius 3 is 1.20 bits per heavy atom. The molecule has 12 aromatic carbocycles. The Labute approximate surface area is 801 Å². The van der Waals surface area contributed by atoms with E-state index in [9.17, 15) is 0 Å². The van der Waals surface area contributed by atoms with Crippen LogP contribution in [0.15, 0.2) is 364 Å². The van der Waals surface area contributed by atoms with Gasteiger partial charge in [-0.25, -0.2) is 24.9 Å². The third kappa shape index (κ3) is 14.9. The standard InChI is InChI=1S/2C37H22N6O2.C34H21N5O.3Pt/c1-42-33-11-3-2-10-31(33)41-35(42)28-22-34-27(21-29(28)37-40-16-18-45-37)26-20-24(36-39-15-17-44-36)12-13-32(26)43(34)25-8-6-7-23(19-25)30-9-4-5-14-38-30;1-42-32-8-3-2-7-30(32)41-35(42)24-10-12-26-28-20-25(36-39-16-18-44-36)11-14-31(28)43(33(26)22-24)34-21-23(29-6-4-5-15-38-29)9-13-27(34)37-40-17-19-45-37;1-38-31-15-5-3-11-28(31)37-33(38)23-16-17-26-25-10-2-4-14-30(25)39(32(26)21-23)24-9-6-8-22(20-24)27-12-7-13-29(36-27)34-35-18-19-40-34;;;/h2-18,20-21H,1H3;2-20H,1H3;2-19H,1H3;;;/q3*-2;3*+2. The van der Waals surface area contributed by atoms with Crippen LogP contribution in [-0.4, -0.2) is 82.2 Å². The smallest absolute Gasteiger partial charge is 0.453 e. The van der Waals surface area contributed by atoms with Gasteiger partial charge in [-0.2, -0.15) is 0 Å². The van der Waals surface area contributed by atoms with Crippen LogP contribution in [0, 0.1) is 36.4 Å². The van der Waals surface area contributed by atoms with E-state index in [1.165, 1.54) is 0 Å². The van der Waals surface area contributed by atoms with Gasteiger partial charge in [0.1, 0.15) is 37.0 Å². The summed E-state index contributed by atoms with van der Waals surface area (Å²) in [6, 6.07) is 112. The fraction of sp³-hybridized carbons (Fsp3) is 0.0278. The van der Waals surface area contributed by atoms with Crippen molar-refractivity contribution < 1.29 is 85.3 Å². The minimum atomic E-state index is 0. The van der Waals surface area contributed by atoms with Crippen LogP contribution in [-0.2, 0) is 84.3 Å². The third-order valence-electron chi connectivity index (χ3n) is 23.6. The Kier molecular flexibility index (Phi) is 22.2. The summed E-state index contributed by atoms with van der Waals surface area (Å²) >= 11 is 0. The molecule has 14 heterocycles. The van der Waals surface area contributed by atoms with E-state index in [0.29, 0.717) is 35.1 Å². The maximum Gasteiger partial charge on any atom is 2.00 e. The molecule has 26 rings (SSSR count). The molecule has 0 unspecified atom stereocenters. The van der Waals surface area contributed by atoms with Crippen LogP contribution in [0.5, 0.6) is 0 Å². The van der Waals surface area contributed by atoms with Gasteiger partial charge in [0.2, 0.25) is 17.7 Å². The van der Waals surface area contributed by atoms with Crippen LogP contribution in [0.3, 0.4) is 0 Å². The van der Waals surface area contributed by atoms with Crippen LogP contribution < -0.4 is 0 Å². The molecular formula is C108H65N17O5Pt3. The average Bonchev–Trinajstić information content (AvgIpc) is 1.58. The molecule has 0 aliphatic heterocycles. The number of benzene rings is 12. The molecule has 0 atom stereocenters. The van der Waals surface area contributed by atoms with Gasteiger partial charge in [-0.15, -0.1) is 143 Å². The Balaban J connectivity index is 0.000000119. The van der Waals surface area contributed by atoms with Gasteiger partial charge in [0, 0.05) is 61.2 Å². The van der Waals surface area contributed by atoms with Crippen molar-refractivity contribution in [3.63, 3.8) is 0 Å². The molecule has 0 saturated carbocycles. The average molecular weight is 2270 g/mol. The molecule has 0 aliphatic rings. The predicted molar refractivity (Wildman–Crippen MR) is 502 cm³/mol. The summed E-state index contributed by atoms with van der Waals surface area (Å²) in [4.78, 5) is 51.0. The van der Waals surface area contributed by atoms with E-state index in [-0.39, 0.29) is 63.2 Å². The maximum absolute atomic E-state index is 5.88. The first-order chi connectivity index (χ1) is 64.2. The molecule has 14 aromatic heterocycles. The van der Waals surface area contributed by atoms with Crippen LogP contribution in [0.25, 0.3) is 241 Å². The minimum Gasteiger partial charge on any atom is -0.453 e. The van der Waals surface area contributed by atoms with Crippen molar-refractivity contribution >= 4 is 98.5 Å². The number of aryl methyl sites for hydroxylation is 3. The Bertz CT molecular complexity index is 8810. The van der Waals surface area contributed by atoms with Gasteiger partial charge in [-0.3, -0.25) is 19.9 Å². The number of imidazole rings is 3. The zero-order chi connectivity index (χ0) is 86.4. The molecular weight excluding hydrogens is 2200 g/mol. The predicted octanol–water partition coefficient (Wildman–Crippen LogP) is 24.3. The topological polar surface area (TPSA) is 237 Å². The van der Waals surface area contributed by atoms with Crippen molar-refractivity contribution in [3.8, 4) is 142 Å². The number of nitrogens with zero attached hydrogens (tertiary/aromatic N) is 17. The number of oxazole rings is 5. The van der Waals surface area contributed by atoms with Gasteiger partial charge >= 0.3 is 63.2 Å². The first-order valence-corrected chi connectivity index (χ1v) is 41.9. The monoisotopic (exact) mass is 2260 g/mol. The molecule has 0 radical (unpaired) electrons. The van der Waals surface area contributed by atoms with Gasteiger partial charge in [0.15, 0.2) is 11.8 Å². The number of pyridine rings is 3. The second-order valence-electron chi connectivity index (χ2n) is 31.1. The molecule has 25 heteroatoms. The molecule has 26 aromatic rings. The molecule has 133 heavy (non-hydrogen) atoms. The zero-order valence-electron chi connectivity index (χ0n) is 70.4. The van der Waals surface area contributed by atoms with Crippen LogP contribution in [0.4, 0.5) is 0 Å². The van der Waals surface area contributed by atoms with Crippen LogP contribution >= 0.6 is 0 Å². The third-order valence-corrected chi connectivity index (χ3v) is 23.6. The fourth-order valence-corrected chi connectivity index (χ4v) is 17.6. The molecule has 0 saturated heterocycles. The molecule has 22 nitrogen and oxygen atoms in total. The zero-order valence-corrected chi connectivity index (χ0v) is 77.2. The van der Waals surface area contributed by atoms with E-state index in [2.05, 4.69) is 215 Å². The minimum absolute atomic E-state index is 0.